The molecule has 5 fully saturated rings. The lowest BCUT2D eigenvalue weighted by molar-refractivity contribution is 0.204. The number of nitrogens with one attached hydrogen (secondary N) is 1. The molecule has 180 valence electrons. The Morgan fingerprint density at radius 1 is 0.912 bits per heavy atom. The number of likely N-dealkylation sites (tertiary alicyclic amines) is 1. The van der Waals surface area contributed by atoms with Gasteiger partial charge in [-0.1, -0.05) is 6.92 Å². The van der Waals surface area contributed by atoms with E-state index in [4.69, 9.17) is 4.98 Å². The van der Waals surface area contributed by atoms with Crippen LogP contribution in [0.15, 0.2) is 18.5 Å². The fraction of sp³-hybridized carbons (Fsp3) is 0.679. The Morgan fingerprint density at radius 2 is 1.71 bits per heavy atom. The summed E-state index contributed by atoms with van der Waals surface area (Å²) in [6, 6.07) is 2.34. The van der Waals surface area contributed by atoms with Crippen molar-refractivity contribution >= 4 is 17.5 Å². The number of pyridine rings is 1. The Kier molecular flexibility index (Phi) is 5.26. The molecule has 3 aliphatic carbocycles. The van der Waals surface area contributed by atoms with Crippen molar-refractivity contribution in [3.8, 4) is 0 Å². The summed E-state index contributed by atoms with van der Waals surface area (Å²) in [4.78, 5) is 19.8. The second kappa shape index (κ2) is 8.47. The number of piperidine rings is 2. The summed E-state index contributed by atoms with van der Waals surface area (Å²) in [5.41, 5.74) is 4.15. The molecule has 2 saturated heterocycles. The molecule has 0 bridgehead atoms. The number of hydrogen-bond acceptors (Lipinski definition) is 6. The van der Waals surface area contributed by atoms with E-state index in [1.54, 1.807) is 0 Å². The number of fused-ring (bicyclic) bond motifs is 1. The Morgan fingerprint density at radius 3 is 2.35 bits per heavy atom. The van der Waals surface area contributed by atoms with Crippen LogP contribution in [0.1, 0.15) is 80.5 Å². The average Bonchev–Trinajstić information content (AvgIpc) is 3.76. The van der Waals surface area contributed by atoms with Crippen molar-refractivity contribution in [3.05, 3.63) is 35.3 Å². The van der Waals surface area contributed by atoms with Crippen LogP contribution in [0.2, 0.25) is 0 Å². The molecule has 2 unspecified atom stereocenters. The van der Waals surface area contributed by atoms with Gasteiger partial charge in [0, 0.05) is 25.6 Å². The number of hydrogen-bond donors (Lipinski definition) is 1. The van der Waals surface area contributed by atoms with Crippen molar-refractivity contribution < 1.29 is 0 Å². The lowest BCUT2D eigenvalue weighted by atomic mass is 9.85. The average molecular weight is 459 g/mol. The number of rotatable bonds is 8. The minimum absolute atomic E-state index is 0.633. The van der Waals surface area contributed by atoms with E-state index in [-0.39, 0.29) is 0 Å². The molecule has 0 aromatic carbocycles. The van der Waals surface area contributed by atoms with Gasteiger partial charge in [-0.05, 0) is 105 Å². The topological polar surface area (TPSA) is 57.2 Å². The first-order chi connectivity index (χ1) is 16.7. The lowest BCUT2D eigenvalue weighted by Gasteiger charge is -2.34. The van der Waals surface area contributed by atoms with Gasteiger partial charge in [-0.2, -0.15) is 0 Å². The van der Waals surface area contributed by atoms with Crippen LogP contribution in [0.5, 0.6) is 0 Å². The van der Waals surface area contributed by atoms with Gasteiger partial charge in [0.05, 0.1) is 18.1 Å². The largest absolute Gasteiger partial charge is 0.356 e. The fourth-order valence-electron chi connectivity index (χ4n) is 6.42. The first kappa shape index (κ1) is 21.1. The van der Waals surface area contributed by atoms with Crippen LogP contribution in [0, 0.1) is 17.8 Å². The minimum atomic E-state index is 0.633. The minimum Gasteiger partial charge on any atom is -0.356 e. The van der Waals surface area contributed by atoms with Crippen molar-refractivity contribution in [2.24, 2.45) is 17.8 Å². The monoisotopic (exact) mass is 458 g/mol. The number of nitrogens with zero attached hydrogens (tertiary/aromatic N) is 5. The van der Waals surface area contributed by atoms with Crippen molar-refractivity contribution in [2.75, 3.05) is 42.9 Å². The van der Waals surface area contributed by atoms with Gasteiger partial charge < -0.3 is 15.1 Å². The molecule has 2 atom stereocenters. The molecule has 6 nitrogen and oxygen atoms in total. The third-order valence-corrected chi connectivity index (χ3v) is 8.93. The number of anilines is 3. The van der Waals surface area contributed by atoms with Crippen LogP contribution >= 0.6 is 0 Å². The Bertz CT molecular complexity index is 1030. The second-order valence-electron chi connectivity index (χ2n) is 11.7. The molecule has 2 aliphatic heterocycles. The summed E-state index contributed by atoms with van der Waals surface area (Å²) < 4.78 is 0. The van der Waals surface area contributed by atoms with Gasteiger partial charge in [-0.25, -0.2) is 9.97 Å². The van der Waals surface area contributed by atoms with Crippen molar-refractivity contribution in [3.63, 3.8) is 0 Å². The zero-order chi connectivity index (χ0) is 22.6. The molecule has 1 N–H and O–H groups in total. The van der Waals surface area contributed by atoms with Gasteiger partial charge in [0.25, 0.3) is 0 Å². The maximum Gasteiger partial charge on any atom is 0.150 e. The van der Waals surface area contributed by atoms with E-state index < -0.39 is 0 Å². The summed E-state index contributed by atoms with van der Waals surface area (Å²) in [5, 5.41) is 3.53. The fourth-order valence-corrected chi connectivity index (χ4v) is 6.42. The summed E-state index contributed by atoms with van der Waals surface area (Å²) in [7, 11) is 0. The Hall–Kier alpha value is -2.21. The highest BCUT2D eigenvalue weighted by Crippen LogP contribution is 2.48. The third kappa shape index (κ3) is 4.30. The summed E-state index contributed by atoms with van der Waals surface area (Å²) in [6.45, 7) is 8.50. The summed E-state index contributed by atoms with van der Waals surface area (Å²) in [5.74, 6) is 7.04. The van der Waals surface area contributed by atoms with Crippen LogP contribution in [-0.4, -0.2) is 52.6 Å². The molecule has 2 aromatic heterocycles. The number of aromatic nitrogens is 3. The predicted octanol–water partition coefficient (Wildman–Crippen LogP) is 5.10. The first-order valence-electron chi connectivity index (χ1n) is 13.8. The second-order valence-corrected chi connectivity index (χ2v) is 11.7. The smallest absolute Gasteiger partial charge is 0.150 e. The normalized spacial score (nSPS) is 27.1. The molecular weight excluding hydrogens is 420 g/mol. The maximum atomic E-state index is 5.20. The van der Waals surface area contributed by atoms with E-state index in [9.17, 15) is 0 Å². The van der Waals surface area contributed by atoms with E-state index in [1.807, 2.05) is 12.4 Å². The zero-order valence-electron chi connectivity index (χ0n) is 20.5. The van der Waals surface area contributed by atoms with Crippen molar-refractivity contribution in [2.45, 2.75) is 70.1 Å². The van der Waals surface area contributed by atoms with Crippen LogP contribution in [0.4, 0.5) is 17.5 Å². The van der Waals surface area contributed by atoms with Gasteiger partial charge in [0.1, 0.15) is 17.5 Å². The molecule has 2 aromatic rings. The van der Waals surface area contributed by atoms with Gasteiger partial charge in [0.2, 0.25) is 0 Å². The van der Waals surface area contributed by atoms with Gasteiger partial charge in [0.15, 0.2) is 0 Å². The van der Waals surface area contributed by atoms with Gasteiger partial charge >= 0.3 is 0 Å². The molecule has 0 spiro atoms. The van der Waals surface area contributed by atoms with E-state index in [2.05, 4.69) is 38.1 Å². The molecule has 6 heteroatoms. The highest BCUT2D eigenvalue weighted by molar-refractivity contribution is 5.62. The lowest BCUT2D eigenvalue weighted by Crippen LogP contribution is -2.35. The SMILES string of the molecule is CCc1c(C2CCN(CC3CC3)CC2)cc(Nc2cnc(C3CC3)cn2)nc1N1CC2CC2C1. The van der Waals surface area contributed by atoms with E-state index in [0.717, 1.165) is 41.5 Å². The van der Waals surface area contributed by atoms with Gasteiger partial charge in [-0.3, -0.25) is 4.98 Å². The molecule has 7 rings (SSSR count). The molecule has 0 radical (unpaired) electrons. The van der Waals surface area contributed by atoms with Gasteiger partial charge in [-0.15, -0.1) is 0 Å². The molecule has 34 heavy (non-hydrogen) atoms. The standard InChI is InChI=1S/C28H38N6/c1-2-23-24(19-7-9-33(10-8-19)15-18-3-4-18)12-26(32-28(23)34-16-21-11-22(21)17-34)31-27-14-29-25(13-30-27)20-5-6-20/h12-14,18-22H,2-11,15-17H2,1H3,(H,30,31,32). The first-order valence-corrected chi connectivity index (χ1v) is 13.8. The quantitative estimate of drug-likeness (QED) is 0.594. The molecule has 4 heterocycles. The van der Waals surface area contributed by atoms with Crippen molar-refractivity contribution in [1.82, 2.24) is 19.9 Å². The van der Waals surface area contributed by atoms with Crippen LogP contribution in [0.3, 0.4) is 0 Å². The Labute approximate surface area is 203 Å². The zero-order valence-corrected chi connectivity index (χ0v) is 20.5. The summed E-state index contributed by atoms with van der Waals surface area (Å²) in [6.07, 6.45) is 14.3. The molecular formula is C28H38N6. The van der Waals surface area contributed by atoms with Crippen LogP contribution in [0.25, 0.3) is 0 Å². The maximum absolute atomic E-state index is 5.20. The van der Waals surface area contributed by atoms with Crippen LogP contribution < -0.4 is 10.2 Å². The predicted molar refractivity (Wildman–Crippen MR) is 136 cm³/mol. The Balaban J connectivity index is 1.16. The third-order valence-electron chi connectivity index (χ3n) is 8.93. The molecule has 0 amide bonds. The molecule has 5 aliphatic rings. The van der Waals surface area contributed by atoms with Crippen LogP contribution in [-0.2, 0) is 6.42 Å². The van der Waals surface area contributed by atoms with E-state index in [0.29, 0.717) is 11.8 Å². The summed E-state index contributed by atoms with van der Waals surface area (Å²) >= 11 is 0. The van der Waals surface area contributed by atoms with E-state index in [1.165, 1.54) is 94.6 Å². The highest BCUT2D eigenvalue weighted by atomic mass is 15.2. The van der Waals surface area contributed by atoms with E-state index >= 15 is 0 Å². The highest BCUT2D eigenvalue weighted by Gasteiger charge is 2.46. The van der Waals surface area contributed by atoms with Crippen molar-refractivity contribution in [1.29, 1.82) is 0 Å². The molecule has 3 saturated carbocycles.